The summed E-state index contributed by atoms with van der Waals surface area (Å²) in [6, 6.07) is 13.0. The molecule has 1 atom stereocenters. The molecular weight excluding hydrogens is 423 g/mol. The first-order valence-corrected chi connectivity index (χ1v) is 10.5. The van der Waals surface area contributed by atoms with Crippen molar-refractivity contribution < 1.29 is 9.47 Å². The Morgan fingerprint density at radius 1 is 1.10 bits per heavy atom. The highest BCUT2D eigenvalue weighted by Crippen LogP contribution is 2.32. The lowest BCUT2D eigenvalue weighted by atomic mass is 10.2. The number of aromatic nitrogens is 2. The quantitative estimate of drug-likeness (QED) is 0.507. The molecule has 6 nitrogen and oxygen atoms in total. The predicted molar refractivity (Wildman–Crippen MR) is 120 cm³/mol. The molecule has 2 aromatic carbocycles. The molecule has 0 spiro atoms. The number of nitrogens with one attached hydrogen (secondary N) is 2. The van der Waals surface area contributed by atoms with Crippen LogP contribution in [0.15, 0.2) is 48.7 Å². The number of rotatable bonds is 7. The molecule has 1 aliphatic heterocycles. The number of ether oxygens (including phenoxy) is 2. The van der Waals surface area contributed by atoms with E-state index in [4.69, 9.17) is 32.7 Å². The summed E-state index contributed by atoms with van der Waals surface area (Å²) in [4.78, 5) is 9.14. The Morgan fingerprint density at radius 2 is 1.83 bits per heavy atom. The minimum absolute atomic E-state index is 0.422. The minimum Gasteiger partial charge on any atom is -0.497 e. The van der Waals surface area contributed by atoms with E-state index in [9.17, 15) is 0 Å². The van der Waals surface area contributed by atoms with Crippen molar-refractivity contribution in [3.05, 3.63) is 58.7 Å². The molecule has 1 aliphatic rings. The summed E-state index contributed by atoms with van der Waals surface area (Å²) in [5.41, 5.74) is 1.44. The Kier molecular flexibility index (Phi) is 6.57. The zero-order valence-electron chi connectivity index (χ0n) is 16.5. The maximum atomic E-state index is 6.15. The van der Waals surface area contributed by atoms with E-state index in [2.05, 4.69) is 20.6 Å². The highest BCUT2D eigenvalue weighted by Gasteiger charge is 2.17. The first kappa shape index (κ1) is 20.7. The van der Waals surface area contributed by atoms with Crippen LogP contribution in [0.25, 0.3) is 11.4 Å². The van der Waals surface area contributed by atoms with Crippen molar-refractivity contribution in [1.29, 1.82) is 0 Å². The van der Waals surface area contributed by atoms with E-state index >= 15 is 0 Å². The van der Waals surface area contributed by atoms with Crippen molar-refractivity contribution in [2.24, 2.45) is 0 Å². The van der Waals surface area contributed by atoms with Crippen molar-refractivity contribution in [1.82, 2.24) is 15.3 Å². The van der Waals surface area contributed by atoms with Crippen LogP contribution in [0.4, 0.5) is 5.69 Å². The fourth-order valence-corrected chi connectivity index (χ4v) is 3.83. The van der Waals surface area contributed by atoms with E-state index in [0.29, 0.717) is 33.5 Å². The smallest absolute Gasteiger partial charge is 0.246 e. The van der Waals surface area contributed by atoms with Gasteiger partial charge in [0.1, 0.15) is 17.2 Å². The maximum Gasteiger partial charge on any atom is 0.246 e. The van der Waals surface area contributed by atoms with Gasteiger partial charge in [-0.1, -0.05) is 23.2 Å². The van der Waals surface area contributed by atoms with Crippen LogP contribution in [0.3, 0.4) is 0 Å². The molecule has 30 heavy (non-hydrogen) atoms. The van der Waals surface area contributed by atoms with Gasteiger partial charge >= 0.3 is 0 Å². The van der Waals surface area contributed by atoms with Gasteiger partial charge in [-0.15, -0.1) is 0 Å². The third-order valence-electron chi connectivity index (χ3n) is 4.85. The Bertz CT molecular complexity index is 988. The van der Waals surface area contributed by atoms with Crippen molar-refractivity contribution in [3.63, 3.8) is 0 Å². The van der Waals surface area contributed by atoms with Crippen LogP contribution >= 0.6 is 23.2 Å². The normalized spacial score (nSPS) is 15.8. The van der Waals surface area contributed by atoms with E-state index in [1.165, 1.54) is 6.42 Å². The Balaban J connectivity index is 1.63. The van der Waals surface area contributed by atoms with Gasteiger partial charge < -0.3 is 20.1 Å². The van der Waals surface area contributed by atoms with Gasteiger partial charge in [0.25, 0.3) is 0 Å². The molecule has 8 heteroatoms. The zero-order valence-corrected chi connectivity index (χ0v) is 18.0. The van der Waals surface area contributed by atoms with E-state index in [1.807, 2.05) is 24.3 Å². The molecule has 1 fully saturated rings. The van der Waals surface area contributed by atoms with E-state index in [1.54, 1.807) is 31.5 Å². The van der Waals surface area contributed by atoms with E-state index in [-0.39, 0.29) is 0 Å². The molecule has 2 heterocycles. The predicted octanol–water partition coefficient (Wildman–Crippen LogP) is 5.42. The van der Waals surface area contributed by atoms with Gasteiger partial charge in [0.05, 0.1) is 13.3 Å². The summed E-state index contributed by atoms with van der Waals surface area (Å²) < 4.78 is 11.3. The molecule has 0 saturated carbocycles. The van der Waals surface area contributed by atoms with Gasteiger partial charge in [-0.25, -0.2) is 4.98 Å². The van der Waals surface area contributed by atoms with Crippen molar-refractivity contribution >= 4 is 28.9 Å². The topological polar surface area (TPSA) is 68.3 Å². The molecule has 0 aliphatic carbocycles. The monoisotopic (exact) mass is 444 g/mol. The highest BCUT2D eigenvalue weighted by molar-refractivity contribution is 6.35. The molecule has 3 aromatic rings. The number of anilines is 1. The second kappa shape index (κ2) is 9.51. The van der Waals surface area contributed by atoms with Gasteiger partial charge in [-0.2, -0.15) is 4.98 Å². The van der Waals surface area contributed by atoms with E-state index < -0.39 is 0 Å². The average Bonchev–Trinajstić information content (AvgIpc) is 3.26. The van der Waals surface area contributed by atoms with Crippen molar-refractivity contribution in [2.75, 3.05) is 25.5 Å². The lowest BCUT2D eigenvalue weighted by Crippen LogP contribution is -2.29. The standard InChI is InChI=1S/C22H22Cl2N4O2/c1-29-18-4-6-19(7-5-18)30-22-20(26-12-17-3-2-8-25-17)13-27-21(28-22)14-9-15(23)11-16(24)10-14/h4-7,9-11,13,17,25-26H,2-3,8,12H2,1H3/t17-/m0/s1. The summed E-state index contributed by atoms with van der Waals surface area (Å²) in [6.07, 6.45) is 4.05. The van der Waals surface area contributed by atoms with Crippen molar-refractivity contribution in [2.45, 2.75) is 18.9 Å². The maximum absolute atomic E-state index is 6.15. The summed E-state index contributed by atoms with van der Waals surface area (Å²) in [5, 5.41) is 7.92. The van der Waals surface area contributed by atoms with Crippen LogP contribution in [0.1, 0.15) is 12.8 Å². The van der Waals surface area contributed by atoms with Crippen LogP contribution in [-0.2, 0) is 0 Å². The molecule has 0 amide bonds. The first-order chi connectivity index (χ1) is 14.6. The number of methoxy groups -OCH3 is 1. The first-order valence-electron chi connectivity index (χ1n) is 9.73. The molecule has 0 radical (unpaired) electrons. The van der Waals surface area contributed by atoms with Crippen LogP contribution in [-0.4, -0.2) is 36.2 Å². The molecule has 0 unspecified atom stereocenters. The number of benzene rings is 2. The molecule has 2 N–H and O–H groups in total. The van der Waals surface area contributed by atoms with Crippen LogP contribution in [0.5, 0.6) is 17.4 Å². The number of hydrogen-bond acceptors (Lipinski definition) is 6. The molecule has 156 valence electrons. The Labute approximate surface area is 185 Å². The van der Waals surface area contributed by atoms with E-state index in [0.717, 1.165) is 36.5 Å². The lowest BCUT2D eigenvalue weighted by Gasteiger charge is -2.16. The SMILES string of the molecule is COc1ccc(Oc2nc(-c3cc(Cl)cc(Cl)c3)ncc2NC[C@@H]2CCCN2)cc1. The largest absolute Gasteiger partial charge is 0.497 e. The fraction of sp³-hybridized carbons (Fsp3) is 0.273. The molecule has 1 aromatic heterocycles. The second-order valence-corrected chi connectivity index (χ2v) is 7.90. The van der Waals surface area contributed by atoms with Crippen molar-refractivity contribution in [3.8, 4) is 28.8 Å². The van der Waals surface area contributed by atoms with Gasteiger partial charge in [0.15, 0.2) is 5.82 Å². The molecular formula is C22H22Cl2N4O2. The second-order valence-electron chi connectivity index (χ2n) is 7.02. The van der Waals surface area contributed by atoms with Crippen LogP contribution in [0.2, 0.25) is 10.0 Å². The van der Waals surface area contributed by atoms with Gasteiger partial charge in [0.2, 0.25) is 5.88 Å². The summed E-state index contributed by atoms with van der Waals surface area (Å²) in [5.74, 6) is 2.31. The number of nitrogens with zero attached hydrogens (tertiary/aromatic N) is 2. The Morgan fingerprint density at radius 3 is 2.50 bits per heavy atom. The highest BCUT2D eigenvalue weighted by atomic mass is 35.5. The van der Waals surface area contributed by atoms with Crippen LogP contribution in [0, 0.1) is 0 Å². The van der Waals surface area contributed by atoms with Gasteiger partial charge in [0, 0.05) is 28.2 Å². The lowest BCUT2D eigenvalue weighted by molar-refractivity contribution is 0.412. The van der Waals surface area contributed by atoms with Gasteiger partial charge in [-0.3, -0.25) is 0 Å². The summed E-state index contributed by atoms with van der Waals surface area (Å²) in [6.45, 7) is 1.82. The van der Waals surface area contributed by atoms with Crippen LogP contribution < -0.4 is 20.1 Å². The summed E-state index contributed by atoms with van der Waals surface area (Å²) >= 11 is 12.3. The average molecular weight is 445 g/mol. The molecule has 4 rings (SSSR count). The van der Waals surface area contributed by atoms with Gasteiger partial charge in [-0.05, 0) is 61.9 Å². The molecule has 1 saturated heterocycles. The number of halogens is 2. The third kappa shape index (κ3) is 5.14. The summed E-state index contributed by atoms with van der Waals surface area (Å²) in [7, 11) is 1.63. The Hall–Kier alpha value is -2.54. The fourth-order valence-electron chi connectivity index (χ4n) is 3.31. The minimum atomic E-state index is 0.422. The zero-order chi connectivity index (χ0) is 20.9. The number of hydrogen-bond donors (Lipinski definition) is 2. The third-order valence-corrected chi connectivity index (χ3v) is 5.29. The molecule has 0 bridgehead atoms.